The molecule has 0 aliphatic rings. The van der Waals surface area contributed by atoms with Gasteiger partial charge in [-0.05, 0) is 35.9 Å². The zero-order valence-electron chi connectivity index (χ0n) is 15.4. The number of rotatable bonds is 7. The highest BCUT2D eigenvalue weighted by Gasteiger charge is 2.25. The van der Waals surface area contributed by atoms with E-state index in [-0.39, 0.29) is 5.78 Å². The Morgan fingerprint density at radius 2 is 1.43 bits per heavy atom. The van der Waals surface area contributed by atoms with Gasteiger partial charge in [0.1, 0.15) is 5.75 Å². The molecule has 0 radical (unpaired) electrons. The van der Waals surface area contributed by atoms with Gasteiger partial charge < -0.3 is 9.47 Å². The van der Waals surface area contributed by atoms with E-state index in [0.717, 1.165) is 5.56 Å². The van der Waals surface area contributed by atoms with Gasteiger partial charge in [0.2, 0.25) is 5.78 Å². The quantitative estimate of drug-likeness (QED) is 0.337. The topological polar surface area (TPSA) is 52.6 Å². The van der Waals surface area contributed by atoms with Crippen LogP contribution in [0.5, 0.6) is 5.75 Å². The molecule has 3 aromatic carbocycles. The second kappa shape index (κ2) is 9.33. The SMILES string of the molecule is COc1ccc(C(=O)C(OC(=O)C=Cc2ccccc2)c2ccccc2)cc1. The van der Waals surface area contributed by atoms with Crippen LogP contribution in [0.25, 0.3) is 6.08 Å². The van der Waals surface area contributed by atoms with E-state index in [1.165, 1.54) is 6.08 Å². The molecule has 1 atom stereocenters. The molecule has 3 rings (SSSR count). The van der Waals surface area contributed by atoms with Gasteiger partial charge in [0.25, 0.3) is 0 Å². The molecule has 0 heterocycles. The van der Waals surface area contributed by atoms with Gasteiger partial charge in [-0.15, -0.1) is 0 Å². The number of carbonyl (C=O) groups is 2. The molecule has 0 N–H and O–H groups in total. The number of ether oxygens (including phenoxy) is 2. The maximum Gasteiger partial charge on any atom is 0.331 e. The van der Waals surface area contributed by atoms with Crippen LogP contribution in [0.4, 0.5) is 0 Å². The van der Waals surface area contributed by atoms with Crippen molar-refractivity contribution in [3.63, 3.8) is 0 Å². The Hall–Kier alpha value is -3.66. The highest BCUT2D eigenvalue weighted by Crippen LogP contribution is 2.24. The van der Waals surface area contributed by atoms with Crippen LogP contribution >= 0.6 is 0 Å². The molecule has 4 nitrogen and oxygen atoms in total. The van der Waals surface area contributed by atoms with Crippen molar-refractivity contribution in [2.45, 2.75) is 6.10 Å². The van der Waals surface area contributed by atoms with Gasteiger partial charge in [0, 0.05) is 17.2 Å². The first kappa shape index (κ1) is 19.1. The van der Waals surface area contributed by atoms with Crippen LogP contribution < -0.4 is 4.74 Å². The molecular formula is C24H20O4. The Labute approximate surface area is 164 Å². The highest BCUT2D eigenvalue weighted by atomic mass is 16.5. The summed E-state index contributed by atoms with van der Waals surface area (Å²) < 4.78 is 10.7. The van der Waals surface area contributed by atoms with Gasteiger partial charge in [0.05, 0.1) is 7.11 Å². The van der Waals surface area contributed by atoms with Crippen LogP contribution in [0.15, 0.2) is 91.0 Å². The number of Topliss-reactive ketones (excluding diaryl/α,β-unsaturated/α-hetero) is 1. The fourth-order valence-corrected chi connectivity index (χ4v) is 2.69. The Morgan fingerprint density at radius 3 is 2.04 bits per heavy atom. The summed E-state index contributed by atoms with van der Waals surface area (Å²) in [4.78, 5) is 25.4. The smallest absolute Gasteiger partial charge is 0.331 e. The number of hydrogen-bond acceptors (Lipinski definition) is 4. The summed E-state index contributed by atoms with van der Waals surface area (Å²) in [6, 6.07) is 25.1. The Balaban J connectivity index is 1.81. The van der Waals surface area contributed by atoms with Gasteiger partial charge in [-0.1, -0.05) is 60.7 Å². The van der Waals surface area contributed by atoms with Crippen LogP contribution in [0.2, 0.25) is 0 Å². The van der Waals surface area contributed by atoms with Crippen molar-refractivity contribution in [3.05, 3.63) is 108 Å². The Kier molecular flexibility index (Phi) is 6.37. The molecule has 0 fully saturated rings. The molecule has 0 saturated carbocycles. The molecule has 28 heavy (non-hydrogen) atoms. The standard InChI is InChI=1S/C24H20O4/c1-27-21-15-13-19(14-16-21)23(26)24(20-10-6-3-7-11-20)28-22(25)17-12-18-8-4-2-5-9-18/h2-17,24H,1H3. The first-order valence-electron chi connectivity index (χ1n) is 8.84. The number of esters is 1. The summed E-state index contributed by atoms with van der Waals surface area (Å²) in [5.74, 6) is -0.231. The number of carbonyl (C=O) groups excluding carboxylic acids is 2. The normalized spacial score (nSPS) is 11.8. The van der Waals surface area contributed by atoms with E-state index in [4.69, 9.17) is 9.47 Å². The summed E-state index contributed by atoms with van der Waals surface area (Å²) in [6.07, 6.45) is 1.96. The fraction of sp³-hybridized carbons (Fsp3) is 0.0833. The van der Waals surface area contributed by atoms with Crippen molar-refractivity contribution >= 4 is 17.8 Å². The Morgan fingerprint density at radius 1 is 0.821 bits per heavy atom. The molecule has 3 aromatic rings. The summed E-state index contributed by atoms with van der Waals surface area (Å²) in [5.41, 5.74) is 1.93. The van der Waals surface area contributed by atoms with Crippen molar-refractivity contribution in [1.82, 2.24) is 0 Å². The molecule has 140 valence electrons. The van der Waals surface area contributed by atoms with Crippen molar-refractivity contribution in [2.75, 3.05) is 7.11 Å². The first-order chi connectivity index (χ1) is 13.7. The molecule has 1 unspecified atom stereocenters. The number of hydrogen-bond donors (Lipinski definition) is 0. The van der Waals surface area contributed by atoms with E-state index in [2.05, 4.69) is 0 Å². The zero-order valence-corrected chi connectivity index (χ0v) is 15.4. The van der Waals surface area contributed by atoms with Gasteiger partial charge >= 0.3 is 5.97 Å². The van der Waals surface area contributed by atoms with E-state index >= 15 is 0 Å². The van der Waals surface area contributed by atoms with Crippen LogP contribution in [0.1, 0.15) is 27.6 Å². The molecule has 0 aromatic heterocycles. The van der Waals surface area contributed by atoms with Crippen molar-refractivity contribution in [3.8, 4) is 5.75 Å². The van der Waals surface area contributed by atoms with Gasteiger partial charge in [-0.25, -0.2) is 4.79 Å². The summed E-state index contributed by atoms with van der Waals surface area (Å²) in [7, 11) is 1.56. The van der Waals surface area contributed by atoms with E-state index in [1.54, 1.807) is 61.7 Å². The largest absolute Gasteiger partial charge is 0.497 e. The predicted octanol–water partition coefficient (Wildman–Crippen LogP) is 4.88. The lowest BCUT2D eigenvalue weighted by molar-refractivity contribution is -0.141. The lowest BCUT2D eigenvalue weighted by atomic mass is 9.99. The molecule has 0 aliphatic heterocycles. The van der Waals surface area contributed by atoms with Gasteiger partial charge in [-0.3, -0.25) is 4.79 Å². The third-order valence-corrected chi connectivity index (χ3v) is 4.16. The van der Waals surface area contributed by atoms with Crippen LogP contribution in [-0.4, -0.2) is 18.9 Å². The van der Waals surface area contributed by atoms with Crippen LogP contribution in [0, 0.1) is 0 Å². The third-order valence-electron chi connectivity index (χ3n) is 4.16. The van der Waals surface area contributed by atoms with E-state index in [1.807, 2.05) is 36.4 Å². The minimum atomic E-state index is -1.03. The summed E-state index contributed by atoms with van der Waals surface area (Å²) in [5, 5.41) is 0. The molecule has 0 saturated heterocycles. The van der Waals surface area contributed by atoms with Crippen molar-refractivity contribution < 1.29 is 19.1 Å². The van der Waals surface area contributed by atoms with Crippen molar-refractivity contribution in [2.24, 2.45) is 0 Å². The maximum atomic E-state index is 13.0. The molecule has 0 amide bonds. The van der Waals surface area contributed by atoms with Gasteiger partial charge in [0.15, 0.2) is 6.10 Å². The minimum absolute atomic E-state index is 0.296. The zero-order chi connectivity index (χ0) is 19.8. The number of benzene rings is 3. The first-order valence-corrected chi connectivity index (χ1v) is 8.84. The van der Waals surface area contributed by atoms with Crippen LogP contribution in [-0.2, 0) is 9.53 Å². The molecule has 0 bridgehead atoms. The summed E-state index contributed by atoms with van der Waals surface area (Å²) >= 11 is 0. The lowest BCUT2D eigenvalue weighted by Crippen LogP contribution is -2.19. The van der Waals surface area contributed by atoms with E-state index in [0.29, 0.717) is 16.9 Å². The molecule has 4 heteroatoms. The summed E-state index contributed by atoms with van der Waals surface area (Å²) in [6.45, 7) is 0. The second-order valence-electron chi connectivity index (χ2n) is 6.06. The fourth-order valence-electron chi connectivity index (χ4n) is 2.69. The monoisotopic (exact) mass is 372 g/mol. The van der Waals surface area contributed by atoms with E-state index in [9.17, 15) is 9.59 Å². The average Bonchev–Trinajstić information content (AvgIpc) is 2.77. The van der Waals surface area contributed by atoms with Crippen molar-refractivity contribution in [1.29, 1.82) is 0 Å². The van der Waals surface area contributed by atoms with E-state index < -0.39 is 12.1 Å². The highest BCUT2D eigenvalue weighted by molar-refractivity contribution is 6.01. The molecule has 0 spiro atoms. The molecule has 0 aliphatic carbocycles. The molecular weight excluding hydrogens is 352 g/mol. The number of ketones is 1. The lowest BCUT2D eigenvalue weighted by Gasteiger charge is -2.16. The Bertz CT molecular complexity index is 945. The second-order valence-corrected chi connectivity index (χ2v) is 6.06. The predicted molar refractivity (Wildman–Crippen MR) is 108 cm³/mol. The third kappa shape index (κ3) is 4.95. The van der Waals surface area contributed by atoms with Crippen LogP contribution in [0.3, 0.4) is 0 Å². The number of methoxy groups -OCH3 is 1. The van der Waals surface area contributed by atoms with Gasteiger partial charge in [-0.2, -0.15) is 0 Å². The minimum Gasteiger partial charge on any atom is -0.497 e. The average molecular weight is 372 g/mol. The maximum absolute atomic E-state index is 13.0.